The SMILES string of the molecule is Cl.Clc1ccc(/C(=C/CN2CCC3CCC(C3)C2)c2ccccc2)cc1. The Balaban J connectivity index is 0.00000196. The molecule has 2 fully saturated rings. The summed E-state index contributed by atoms with van der Waals surface area (Å²) in [7, 11) is 0. The van der Waals surface area contributed by atoms with Gasteiger partial charge in [0.2, 0.25) is 0 Å². The molecule has 2 aromatic rings. The van der Waals surface area contributed by atoms with Crippen LogP contribution in [0.5, 0.6) is 0 Å². The van der Waals surface area contributed by atoms with Crippen molar-refractivity contribution in [2.75, 3.05) is 19.6 Å². The summed E-state index contributed by atoms with van der Waals surface area (Å²) in [5, 5.41) is 0.791. The molecule has 2 bridgehead atoms. The molecule has 26 heavy (non-hydrogen) atoms. The first-order chi connectivity index (χ1) is 12.3. The van der Waals surface area contributed by atoms with Crippen LogP contribution in [0, 0.1) is 11.8 Å². The topological polar surface area (TPSA) is 3.24 Å². The van der Waals surface area contributed by atoms with Crippen molar-refractivity contribution in [2.45, 2.75) is 25.7 Å². The molecule has 1 heterocycles. The van der Waals surface area contributed by atoms with Crippen LogP contribution < -0.4 is 0 Å². The minimum Gasteiger partial charge on any atom is -0.299 e. The van der Waals surface area contributed by atoms with Crippen molar-refractivity contribution in [1.29, 1.82) is 0 Å². The number of hydrogen-bond acceptors (Lipinski definition) is 1. The molecule has 1 saturated heterocycles. The van der Waals surface area contributed by atoms with Crippen LogP contribution >= 0.6 is 24.0 Å². The monoisotopic (exact) mass is 387 g/mol. The van der Waals surface area contributed by atoms with Crippen LogP contribution in [-0.2, 0) is 0 Å². The molecule has 138 valence electrons. The predicted octanol–water partition coefficient (Wildman–Crippen LogP) is 6.32. The van der Waals surface area contributed by atoms with Crippen LogP contribution in [0.3, 0.4) is 0 Å². The Kier molecular flexibility index (Phi) is 6.80. The Morgan fingerprint density at radius 1 is 0.923 bits per heavy atom. The van der Waals surface area contributed by atoms with Crippen molar-refractivity contribution in [3.63, 3.8) is 0 Å². The van der Waals surface area contributed by atoms with Crippen molar-refractivity contribution in [3.8, 4) is 0 Å². The lowest BCUT2D eigenvalue weighted by Gasteiger charge is -2.23. The molecular weight excluding hydrogens is 361 g/mol. The fourth-order valence-corrected chi connectivity index (χ4v) is 4.59. The van der Waals surface area contributed by atoms with Gasteiger partial charge in [-0.3, -0.25) is 4.90 Å². The van der Waals surface area contributed by atoms with E-state index < -0.39 is 0 Å². The lowest BCUT2D eigenvalue weighted by Crippen LogP contribution is -2.29. The fourth-order valence-electron chi connectivity index (χ4n) is 4.46. The van der Waals surface area contributed by atoms with Crippen LogP contribution in [0.15, 0.2) is 60.7 Å². The first-order valence-corrected chi connectivity index (χ1v) is 9.89. The van der Waals surface area contributed by atoms with E-state index in [0.717, 1.165) is 23.4 Å². The van der Waals surface area contributed by atoms with Crippen molar-refractivity contribution in [1.82, 2.24) is 4.90 Å². The van der Waals surface area contributed by atoms with E-state index in [1.54, 1.807) is 0 Å². The van der Waals surface area contributed by atoms with Crippen molar-refractivity contribution in [2.24, 2.45) is 11.8 Å². The second kappa shape index (κ2) is 9.08. The first-order valence-electron chi connectivity index (χ1n) is 9.52. The number of hydrogen-bond donors (Lipinski definition) is 0. The molecule has 1 nitrogen and oxygen atoms in total. The second-order valence-electron chi connectivity index (χ2n) is 7.58. The molecule has 0 amide bonds. The minimum atomic E-state index is 0. The highest BCUT2D eigenvalue weighted by molar-refractivity contribution is 6.30. The fraction of sp³-hybridized carbons (Fsp3) is 0.391. The van der Waals surface area contributed by atoms with Gasteiger partial charge in [-0.05, 0) is 66.5 Å². The van der Waals surface area contributed by atoms with Crippen molar-refractivity contribution < 1.29 is 0 Å². The summed E-state index contributed by atoms with van der Waals surface area (Å²) in [5.74, 6) is 1.92. The highest BCUT2D eigenvalue weighted by Gasteiger charge is 2.29. The molecule has 0 N–H and O–H groups in total. The Bertz CT molecular complexity index is 724. The quantitative estimate of drug-likeness (QED) is 0.593. The molecule has 2 unspecified atom stereocenters. The van der Waals surface area contributed by atoms with Crippen LogP contribution in [-0.4, -0.2) is 24.5 Å². The molecule has 1 saturated carbocycles. The third kappa shape index (κ3) is 4.71. The number of halogens is 2. The summed E-state index contributed by atoms with van der Waals surface area (Å²) in [6, 6.07) is 18.9. The summed E-state index contributed by atoms with van der Waals surface area (Å²) in [5.41, 5.74) is 3.83. The minimum absolute atomic E-state index is 0. The number of nitrogens with zero attached hydrogens (tertiary/aromatic N) is 1. The lowest BCUT2D eigenvalue weighted by atomic mass is 9.97. The van der Waals surface area contributed by atoms with Crippen LogP contribution in [0.25, 0.3) is 5.57 Å². The largest absolute Gasteiger partial charge is 0.299 e. The standard InChI is InChI=1S/C23H26ClN.ClH/c24-22-10-8-21(9-11-22)23(20-4-2-1-3-5-20)13-15-25-14-12-18-6-7-19(16-18)17-25;/h1-5,8-11,13,18-19H,6-7,12,14-17H2;1H/b23-13+;. The molecule has 1 aliphatic heterocycles. The summed E-state index contributed by atoms with van der Waals surface area (Å²) >= 11 is 6.09. The molecule has 2 aliphatic rings. The van der Waals surface area contributed by atoms with Gasteiger partial charge in [0, 0.05) is 18.1 Å². The maximum absolute atomic E-state index is 6.09. The second-order valence-corrected chi connectivity index (χ2v) is 8.02. The summed E-state index contributed by atoms with van der Waals surface area (Å²) < 4.78 is 0. The molecule has 0 spiro atoms. The maximum Gasteiger partial charge on any atom is 0.0406 e. The summed E-state index contributed by atoms with van der Waals surface area (Å²) in [4.78, 5) is 2.66. The van der Waals surface area contributed by atoms with E-state index in [-0.39, 0.29) is 12.4 Å². The van der Waals surface area contributed by atoms with Gasteiger partial charge >= 0.3 is 0 Å². The number of rotatable bonds is 4. The van der Waals surface area contributed by atoms with Crippen molar-refractivity contribution >= 4 is 29.6 Å². The molecule has 0 aromatic heterocycles. The molecule has 4 rings (SSSR count). The first kappa shape index (κ1) is 19.5. The summed E-state index contributed by atoms with van der Waals surface area (Å²) in [6.45, 7) is 3.56. The van der Waals surface area contributed by atoms with E-state index in [0.29, 0.717) is 0 Å². The maximum atomic E-state index is 6.09. The van der Waals surface area contributed by atoms with Gasteiger partial charge in [-0.1, -0.05) is 66.6 Å². The van der Waals surface area contributed by atoms with Gasteiger partial charge in [0.05, 0.1) is 0 Å². The van der Waals surface area contributed by atoms with E-state index in [9.17, 15) is 0 Å². The van der Waals surface area contributed by atoms with Crippen LogP contribution in [0.1, 0.15) is 36.8 Å². The molecule has 3 heteroatoms. The van der Waals surface area contributed by atoms with Crippen molar-refractivity contribution in [3.05, 3.63) is 76.8 Å². The smallest absolute Gasteiger partial charge is 0.0406 e. The predicted molar refractivity (Wildman–Crippen MR) is 114 cm³/mol. The number of fused-ring (bicyclic) bond motifs is 2. The number of benzene rings is 2. The van der Waals surface area contributed by atoms with Crippen LogP contribution in [0.2, 0.25) is 5.02 Å². The normalized spacial score (nSPS) is 23.3. The van der Waals surface area contributed by atoms with Gasteiger partial charge in [-0.25, -0.2) is 0 Å². The zero-order chi connectivity index (χ0) is 17.1. The zero-order valence-corrected chi connectivity index (χ0v) is 16.7. The Labute approximate surface area is 168 Å². The van der Waals surface area contributed by atoms with E-state index in [1.165, 1.54) is 55.5 Å². The Hall–Kier alpha value is -1.28. The van der Waals surface area contributed by atoms with Gasteiger partial charge in [-0.2, -0.15) is 0 Å². The molecule has 0 radical (unpaired) electrons. The van der Waals surface area contributed by atoms with Gasteiger partial charge < -0.3 is 0 Å². The average molecular weight is 388 g/mol. The Morgan fingerprint density at radius 3 is 2.38 bits per heavy atom. The van der Waals surface area contributed by atoms with E-state index >= 15 is 0 Å². The summed E-state index contributed by atoms with van der Waals surface area (Å²) in [6.07, 6.45) is 8.16. The molecule has 2 atom stereocenters. The van der Waals surface area contributed by atoms with Gasteiger partial charge in [0.25, 0.3) is 0 Å². The van der Waals surface area contributed by atoms with Gasteiger partial charge in [0.15, 0.2) is 0 Å². The molecule has 2 aromatic carbocycles. The zero-order valence-electron chi connectivity index (χ0n) is 15.1. The van der Waals surface area contributed by atoms with E-state index in [1.807, 2.05) is 12.1 Å². The van der Waals surface area contributed by atoms with Gasteiger partial charge in [0.1, 0.15) is 0 Å². The highest BCUT2D eigenvalue weighted by Crippen LogP contribution is 2.36. The highest BCUT2D eigenvalue weighted by atomic mass is 35.5. The van der Waals surface area contributed by atoms with Gasteiger partial charge in [-0.15, -0.1) is 12.4 Å². The average Bonchev–Trinajstić information content (AvgIpc) is 2.98. The lowest BCUT2D eigenvalue weighted by molar-refractivity contribution is 0.260. The van der Waals surface area contributed by atoms with E-state index in [2.05, 4.69) is 53.4 Å². The molecular formula is C23H27Cl2N. The van der Waals surface area contributed by atoms with E-state index in [4.69, 9.17) is 11.6 Å². The number of likely N-dealkylation sites (tertiary alicyclic amines) is 1. The molecule has 1 aliphatic carbocycles. The third-order valence-corrected chi connectivity index (χ3v) is 6.07. The van der Waals surface area contributed by atoms with Crippen LogP contribution in [0.4, 0.5) is 0 Å². The third-order valence-electron chi connectivity index (χ3n) is 5.81. The Morgan fingerprint density at radius 2 is 1.62 bits per heavy atom.